The van der Waals surface area contributed by atoms with Crippen molar-refractivity contribution in [2.75, 3.05) is 11.9 Å². The molecule has 4 N–H and O–H groups in total. The van der Waals surface area contributed by atoms with E-state index in [0.29, 0.717) is 48.5 Å². The summed E-state index contributed by atoms with van der Waals surface area (Å²) in [6.45, 7) is 2.57. The summed E-state index contributed by atoms with van der Waals surface area (Å²) in [6.07, 6.45) is 2.08. The highest BCUT2D eigenvalue weighted by molar-refractivity contribution is 6.31. The van der Waals surface area contributed by atoms with E-state index >= 15 is 0 Å². The molecule has 8 nitrogen and oxygen atoms in total. The number of Topliss-reactive ketones (excluding diaryl/α,β-unsaturated/α-hetero) is 1. The summed E-state index contributed by atoms with van der Waals surface area (Å²) in [5, 5.41) is 6.39. The third-order valence-electron chi connectivity index (χ3n) is 7.54. The number of rotatable bonds is 12. The van der Waals surface area contributed by atoms with Gasteiger partial charge in [0.25, 0.3) is 0 Å². The predicted molar refractivity (Wildman–Crippen MR) is 164 cm³/mol. The van der Waals surface area contributed by atoms with Gasteiger partial charge in [0.15, 0.2) is 5.78 Å². The lowest BCUT2D eigenvalue weighted by Gasteiger charge is -2.37. The number of ketones is 1. The van der Waals surface area contributed by atoms with Gasteiger partial charge in [-0.1, -0.05) is 66.2 Å². The van der Waals surface area contributed by atoms with Gasteiger partial charge in [-0.2, -0.15) is 0 Å². The van der Waals surface area contributed by atoms with Crippen molar-refractivity contribution in [2.45, 2.75) is 64.1 Å². The zero-order chi connectivity index (χ0) is 30.1. The molecule has 9 heteroatoms. The minimum Gasteiger partial charge on any atom is -0.342 e. The van der Waals surface area contributed by atoms with Crippen LogP contribution in [0.5, 0.6) is 0 Å². The molecule has 0 spiro atoms. The maximum absolute atomic E-state index is 13.8. The molecule has 42 heavy (non-hydrogen) atoms. The molecular weight excluding hydrogens is 552 g/mol. The van der Waals surface area contributed by atoms with Crippen LogP contribution in [-0.4, -0.2) is 47.0 Å². The van der Waals surface area contributed by atoms with E-state index in [9.17, 15) is 19.2 Å². The molecule has 3 amide bonds. The number of unbranched alkanes of at least 4 members (excludes halogenated alkanes) is 1. The second kappa shape index (κ2) is 14.8. The topological polar surface area (TPSA) is 122 Å². The van der Waals surface area contributed by atoms with E-state index in [1.165, 1.54) is 4.90 Å². The Kier molecular flexibility index (Phi) is 10.9. The Balaban J connectivity index is 1.50. The molecule has 0 bridgehead atoms. The van der Waals surface area contributed by atoms with Crippen LogP contribution in [0.3, 0.4) is 0 Å². The molecule has 1 aliphatic heterocycles. The van der Waals surface area contributed by atoms with Crippen molar-refractivity contribution in [3.63, 3.8) is 0 Å². The molecule has 0 aromatic heterocycles. The highest BCUT2D eigenvalue weighted by Crippen LogP contribution is 2.25. The molecule has 0 unspecified atom stereocenters. The van der Waals surface area contributed by atoms with Gasteiger partial charge in [-0.25, -0.2) is 0 Å². The summed E-state index contributed by atoms with van der Waals surface area (Å²) in [5.41, 5.74) is 9.55. The van der Waals surface area contributed by atoms with Crippen LogP contribution in [0.4, 0.5) is 5.69 Å². The van der Waals surface area contributed by atoms with E-state index in [1.807, 2.05) is 37.3 Å². The van der Waals surface area contributed by atoms with E-state index in [2.05, 4.69) is 10.6 Å². The molecule has 0 fully saturated rings. The molecule has 0 saturated heterocycles. The first-order valence-corrected chi connectivity index (χ1v) is 14.7. The van der Waals surface area contributed by atoms with Crippen LogP contribution in [0.25, 0.3) is 0 Å². The van der Waals surface area contributed by atoms with Gasteiger partial charge >= 0.3 is 0 Å². The van der Waals surface area contributed by atoms with E-state index in [4.69, 9.17) is 17.3 Å². The summed E-state index contributed by atoms with van der Waals surface area (Å²) in [7, 11) is 0. The third kappa shape index (κ3) is 8.05. The largest absolute Gasteiger partial charge is 0.342 e. The van der Waals surface area contributed by atoms with E-state index in [0.717, 1.165) is 16.7 Å². The predicted octanol–water partition coefficient (Wildman–Crippen LogP) is 4.82. The van der Waals surface area contributed by atoms with Crippen LogP contribution in [0.1, 0.15) is 59.2 Å². The van der Waals surface area contributed by atoms with Crippen molar-refractivity contribution in [1.29, 1.82) is 0 Å². The van der Waals surface area contributed by atoms with Crippen LogP contribution >= 0.6 is 11.6 Å². The first kappa shape index (κ1) is 30.9. The molecular formula is C33H37ClN4O4. The number of hydrogen-bond donors (Lipinski definition) is 3. The standard InChI is InChI=1S/C33H37ClN4O4/c1-22-19-26(14-15-27(22)34)36-32(41)28(13-7-8-18-35)37-33(42)29-20-24-11-5-6-12-25(24)21-38(29)31(40)17-16-30(39)23-9-3-2-4-10-23/h2-6,9-12,14-15,19,28-29H,7-8,13,16-18,20-21,35H2,1H3,(H,36,41)(H,37,42)/t28-,29-/m1/s1. The number of carbonyl (C=O) groups excluding carboxylic acids is 4. The number of nitrogens with zero attached hydrogens (tertiary/aromatic N) is 1. The van der Waals surface area contributed by atoms with Crippen molar-refractivity contribution >= 4 is 40.8 Å². The van der Waals surface area contributed by atoms with Crippen molar-refractivity contribution in [2.24, 2.45) is 5.73 Å². The van der Waals surface area contributed by atoms with Gasteiger partial charge in [0.05, 0.1) is 0 Å². The fourth-order valence-corrected chi connectivity index (χ4v) is 5.25. The normalized spacial score (nSPS) is 14.9. The molecule has 3 aromatic rings. The average Bonchev–Trinajstić information content (AvgIpc) is 3.00. The first-order valence-electron chi connectivity index (χ1n) is 14.3. The van der Waals surface area contributed by atoms with E-state index < -0.39 is 18.0 Å². The third-order valence-corrected chi connectivity index (χ3v) is 7.96. The molecule has 1 heterocycles. The first-order chi connectivity index (χ1) is 20.3. The zero-order valence-electron chi connectivity index (χ0n) is 23.8. The minimum absolute atomic E-state index is 0.0179. The maximum atomic E-state index is 13.8. The number of nitrogens with two attached hydrogens (primary N) is 1. The van der Waals surface area contributed by atoms with Gasteiger partial charge in [0.1, 0.15) is 12.1 Å². The number of halogens is 1. The number of nitrogens with one attached hydrogen (secondary N) is 2. The Bertz CT molecular complexity index is 1430. The summed E-state index contributed by atoms with van der Waals surface area (Å²) in [6, 6.07) is 20.1. The molecule has 2 atom stereocenters. The number of benzene rings is 3. The Morgan fingerprint density at radius 3 is 2.38 bits per heavy atom. The highest BCUT2D eigenvalue weighted by Gasteiger charge is 2.36. The molecule has 0 aliphatic carbocycles. The summed E-state index contributed by atoms with van der Waals surface area (Å²) in [5.74, 6) is -1.18. The Labute approximate surface area is 251 Å². The molecule has 4 rings (SSSR count). The zero-order valence-corrected chi connectivity index (χ0v) is 24.5. The Morgan fingerprint density at radius 2 is 1.67 bits per heavy atom. The fourth-order valence-electron chi connectivity index (χ4n) is 5.13. The van der Waals surface area contributed by atoms with Gasteiger partial charge in [-0.15, -0.1) is 0 Å². The monoisotopic (exact) mass is 588 g/mol. The van der Waals surface area contributed by atoms with Crippen molar-refractivity contribution in [1.82, 2.24) is 10.2 Å². The second-order valence-corrected chi connectivity index (χ2v) is 11.0. The van der Waals surface area contributed by atoms with Gasteiger partial charge < -0.3 is 21.3 Å². The van der Waals surface area contributed by atoms with Gasteiger partial charge in [-0.3, -0.25) is 19.2 Å². The smallest absolute Gasteiger partial charge is 0.246 e. The molecule has 3 aromatic carbocycles. The van der Waals surface area contributed by atoms with Crippen molar-refractivity contribution in [3.8, 4) is 0 Å². The fraction of sp³-hybridized carbons (Fsp3) is 0.333. The van der Waals surface area contributed by atoms with Gasteiger partial charge in [0.2, 0.25) is 17.7 Å². The molecule has 0 saturated carbocycles. The number of amides is 3. The Morgan fingerprint density at radius 1 is 0.952 bits per heavy atom. The minimum atomic E-state index is -0.825. The lowest BCUT2D eigenvalue weighted by molar-refractivity contribution is -0.142. The number of anilines is 1. The van der Waals surface area contributed by atoms with Crippen LogP contribution in [-0.2, 0) is 27.3 Å². The SMILES string of the molecule is Cc1cc(NC(=O)[C@@H](CCCCN)NC(=O)[C@H]2Cc3ccccc3CN2C(=O)CCC(=O)c2ccccc2)ccc1Cl. The highest BCUT2D eigenvalue weighted by atomic mass is 35.5. The summed E-state index contributed by atoms with van der Waals surface area (Å²) >= 11 is 6.13. The molecule has 0 radical (unpaired) electrons. The number of fused-ring (bicyclic) bond motifs is 1. The summed E-state index contributed by atoms with van der Waals surface area (Å²) < 4.78 is 0. The van der Waals surface area contributed by atoms with Crippen molar-refractivity contribution in [3.05, 3.63) is 100 Å². The second-order valence-electron chi connectivity index (χ2n) is 10.6. The molecule has 220 valence electrons. The molecule has 1 aliphatic rings. The quantitative estimate of drug-likeness (QED) is 0.207. The van der Waals surface area contributed by atoms with Crippen LogP contribution in [0, 0.1) is 6.92 Å². The van der Waals surface area contributed by atoms with E-state index in [1.54, 1.807) is 42.5 Å². The van der Waals surface area contributed by atoms with E-state index in [-0.39, 0.29) is 37.0 Å². The number of hydrogen-bond acceptors (Lipinski definition) is 5. The van der Waals surface area contributed by atoms with Crippen LogP contribution in [0.2, 0.25) is 5.02 Å². The van der Waals surface area contributed by atoms with Crippen LogP contribution in [0.15, 0.2) is 72.8 Å². The van der Waals surface area contributed by atoms with Crippen LogP contribution < -0.4 is 16.4 Å². The Hall–Kier alpha value is -4.01. The maximum Gasteiger partial charge on any atom is 0.246 e. The average molecular weight is 589 g/mol. The number of aryl methyl sites for hydroxylation is 1. The van der Waals surface area contributed by atoms with Gasteiger partial charge in [0, 0.05) is 42.1 Å². The van der Waals surface area contributed by atoms with Crippen molar-refractivity contribution < 1.29 is 19.2 Å². The number of carbonyl (C=O) groups is 4. The lowest BCUT2D eigenvalue weighted by Crippen LogP contribution is -2.56. The summed E-state index contributed by atoms with van der Waals surface area (Å²) in [4.78, 5) is 54.8. The van der Waals surface area contributed by atoms with Gasteiger partial charge in [-0.05, 0) is 67.6 Å². The lowest BCUT2D eigenvalue weighted by atomic mass is 9.92.